The molecule has 72 valence electrons. The first-order chi connectivity index (χ1) is 5.74. The minimum atomic E-state index is -1.94. The van der Waals surface area contributed by atoms with E-state index in [0.29, 0.717) is 32.5 Å². The number of rotatable bonds is 3. The van der Waals surface area contributed by atoms with Crippen LogP contribution in [0.1, 0.15) is 12.8 Å². The van der Waals surface area contributed by atoms with Crippen molar-refractivity contribution in [3.8, 4) is 0 Å². The van der Waals surface area contributed by atoms with Gasteiger partial charge in [-0.3, -0.25) is 4.21 Å². The Morgan fingerprint density at radius 2 is 2.08 bits per heavy atom. The van der Waals surface area contributed by atoms with E-state index >= 15 is 0 Å². The fourth-order valence-electron chi connectivity index (χ4n) is 1.44. The zero-order chi connectivity index (χ0) is 8.97. The highest BCUT2D eigenvalue weighted by atomic mass is 32.2. The molecule has 5 heteroatoms. The van der Waals surface area contributed by atoms with Gasteiger partial charge in [-0.1, -0.05) is 11.1 Å². The SMILES string of the molecule is O=S([O-])C1CCN(CCF)CC1. The average Bonchev–Trinajstić information content (AvgIpc) is 2.06. The average molecular weight is 194 g/mol. The van der Waals surface area contributed by atoms with Gasteiger partial charge >= 0.3 is 0 Å². The van der Waals surface area contributed by atoms with Gasteiger partial charge in [-0.05, 0) is 25.9 Å². The monoisotopic (exact) mass is 194 g/mol. The van der Waals surface area contributed by atoms with E-state index in [1.165, 1.54) is 0 Å². The van der Waals surface area contributed by atoms with E-state index in [-0.39, 0.29) is 11.9 Å². The lowest BCUT2D eigenvalue weighted by molar-refractivity contribution is 0.211. The van der Waals surface area contributed by atoms with Gasteiger partial charge in [0.15, 0.2) is 0 Å². The summed E-state index contributed by atoms with van der Waals surface area (Å²) in [6.45, 7) is 1.52. The standard InChI is InChI=1S/C7H14FNO2S/c8-3-6-9-4-1-7(2-5-9)12(10)11/h7H,1-6H2,(H,10,11)/p-1. The molecule has 3 nitrogen and oxygen atoms in total. The van der Waals surface area contributed by atoms with Crippen molar-refractivity contribution in [3.63, 3.8) is 0 Å². The lowest BCUT2D eigenvalue weighted by Crippen LogP contribution is -2.38. The Labute approximate surface area is 74.2 Å². The molecule has 1 aliphatic rings. The van der Waals surface area contributed by atoms with Crippen LogP contribution in [0.5, 0.6) is 0 Å². The molecule has 0 aromatic carbocycles. The van der Waals surface area contributed by atoms with Crippen molar-refractivity contribution in [3.05, 3.63) is 0 Å². The number of likely N-dealkylation sites (tertiary alicyclic amines) is 1. The van der Waals surface area contributed by atoms with Crippen molar-refractivity contribution >= 4 is 11.1 Å². The number of halogens is 1. The number of piperidine rings is 1. The maximum atomic E-state index is 11.9. The molecule has 0 aromatic rings. The lowest BCUT2D eigenvalue weighted by atomic mass is 10.1. The number of nitrogens with zero attached hydrogens (tertiary/aromatic N) is 1. The van der Waals surface area contributed by atoms with E-state index in [1.54, 1.807) is 0 Å². The summed E-state index contributed by atoms with van der Waals surface area (Å²) in [4.78, 5) is 1.96. The molecule has 1 aliphatic heterocycles. The summed E-state index contributed by atoms with van der Waals surface area (Å²) in [5.41, 5.74) is 0. The van der Waals surface area contributed by atoms with Gasteiger partial charge in [-0.25, -0.2) is 4.39 Å². The zero-order valence-electron chi connectivity index (χ0n) is 6.87. The Morgan fingerprint density at radius 1 is 1.50 bits per heavy atom. The molecule has 1 unspecified atom stereocenters. The molecule has 1 atom stereocenters. The van der Waals surface area contributed by atoms with Gasteiger partial charge in [0.1, 0.15) is 6.67 Å². The smallest absolute Gasteiger partial charge is 0.102 e. The second-order valence-electron chi connectivity index (χ2n) is 2.99. The van der Waals surface area contributed by atoms with Crippen LogP contribution in [0.3, 0.4) is 0 Å². The first kappa shape index (κ1) is 10.1. The van der Waals surface area contributed by atoms with Crippen LogP contribution in [0.15, 0.2) is 0 Å². The molecule has 0 bridgehead atoms. The van der Waals surface area contributed by atoms with Crippen LogP contribution in [-0.2, 0) is 11.1 Å². The predicted molar refractivity (Wildman–Crippen MR) is 44.4 cm³/mol. The third kappa shape index (κ3) is 2.80. The van der Waals surface area contributed by atoms with E-state index in [1.807, 2.05) is 4.90 Å². The maximum Gasteiger partial charge on any atom is 0.102 e. The minimum absolute atomic E-state index is 0.208. The van der Waals surface area contributed by atoms with E-state index in [0.717, 1.165) is 0 Å². The number of hydrogen-bond donors (Lipinski definition) is 0. The summed E-state index contributed by atoms with van der Waals surface area (Å²) < 4.78 is 32.9. The van der Waals surface area contributed by atoms with Crippen LogP contribution in [0, 0.1) is 0 Å². The summed E-state index contributed by atoms with van der Waals surface area (Å²) in [5.74, 6) is 0. The Hall–Kier alpha value is -0.0000000000000000555. The first-order valence-corrected chi connectivity index (χ1v) is 5.24. The van der Waals surface area contributed by atoms with Crippen LogP contribution in [0.2, 0.25) is 0 Å². The minimum Gasteiger partial charge on any atom is -0.772 e. The highest BCUT2D eigenvalue weighted by Gasteiger charge is 2.18. The predicted octanol–water partition coefficient (Wildman–Crippen LogP) is 0.299. The molecule has 12 heavy (non-hydrogen) atoms. The molecule has 1 heterocycles. The van der Waals surface area contributed by atoms with Gasteiger partial charge in [0, 0.05) is 11.8 Å². The molecule has 0 saturated carbocycles. The van der Waals surface area contributed by atoms with Crippen LogP contribution >= 0.6 is 0 Å². The molecule has 1 fully saturated rings. The molecule has 0 radical (unpaired) electrons. The van der Waals surface area contributed by atoms with Crippen LogP contribution in [0.4, 0.5) is 4.39 Å². The second-order valence-corrected chi connectivity index (χ2v) is 4.18. The largest absolute Gasteiger partial charge is 0.772 e. The third-order valence-corrected chi connectivity index (χ3v) is 3.22. The van der Waals surface area contributed by atoms with Crippen LogP contribution < -0.4 is 0 Å². The molecular formula is C7H13FNO2S-. The molecule has 0 N–H and O–H groups in total. The third-order valence-electron chi connectivity index (χ3n) is 2.21. The summed E-state index contributed by atoms with van der Waals surface area (Å²) in [5, 5.41) is -0.208. The van der Waals surface area contributed by atoms with Crippen molar-refractivity contribution < 1.29 is 13.2 Å². The van der Waals surface area contributed by atoms with Gasteiger partial charge in [-0.15, -0.1) is 0 Å². The fraction of sp³-hybridized carbons (Fsp3) is 1.00. The second kappa shape index (κ2) is 4.89. The molecular weight excluding hydrogens is 181 g/mol. The fourth-order valence-corrected chi connectivity index (χ4v) is 2.04. The van der Waals surface area contributed by atoms with Crippen LogP contribution in [-0.4, -0.2) is 45.2 Å². The first-order valence-electron chi connectivity index (χ1n) is 4.10. The topological polar surface area (TPSA) is 43.4 Å². The molecule has 1 saturated heterocycles. The Balaban J connectivity index is 2.25. The summed E-state index contributed by atoms with van der Waals surface area (Å²) in [6.07, 6.45) is 1.30. The van der Waals surface area contributed by atoms with E-state index in [4.69, 9.17) is 0 Å². The molecule has 1 rings (SSSR count). The van der Waals surface area contributed by atoms with Gasteiger partial charge in [0.05, 0.1) is 0 Å². The summed E-state index contributed by atoms with van der Waals surface area (Å²) in [6, 6.07) is 0. The Bertz CT molecular complexity index is 159. The highest BCUT2D eigenvalue weighted by Crippen LogP contribution is 2.13. The summed E-state index contributed by atoms with van der Waals surface area (Å²) in [7, 11) is 0. The Morgan fingerprint density at radius 3 is 2.50 bits per heavy atom. The van der Waals surface area contributed by atoms with Crippen molar-refractivity contribution in [1.29, 1.82) is 0 Å². The van der Waals surface area contributed by atoms with Gasteiger partial charge in [-0.2, -0.15) is 0 Å². The normalized spacial score (nSPS) is 24.2. The summed E-state index contributed by atoms with van der Waals surface area (Å²) >= 11 is -1.94. The molecule has 0 aromatic heterocycles. The zero-order valence-corrected chi connectivity index (χ0v) is 7.69. The van der Waals surface area contributed by atoms with E-state index < -0.39 is 11.1 Å². The van der Waals surface area contributed by atoms with E-state index in [2.05, 4.69) is 0 Å². The quantitative estimate of drug-likeness (QED) is 0.607. The maximum absolute atomic E-state index is 11.9. The van der Waals surface area contributed by atoms with Crippen molar-refractivity contribution in [2.45, 2.75) is 18.1 Å². The van der Waals surface area contributed by atoms with Crippen molar-refractivity contribution in [2.24, 2.45) is 0 Å². The number of alkyl halides is 1. The number of hydrogen-bond acceptors (Lipinski definition) is 3. The highest BCUT2D eigenvalue weighted by molar-refractivity contribution is 7.79. The van der Waals surface area contributed by atoms with Gasteiger partial charge in [0.25, 0.3) is 0 Å². The van der Waals surface area contributed by atoms with E-state index in [9.17, 15) is 13.2 Å². The van der Waals surface area contributed by atoms with Crippen molar-refractivity contribution in [1.82, 2.24) is 4.90 Å². The molecule has 0 aliphatic carbocycles. The molecule has 0 spiro atoms. The van der Waals surface area contributed by atoms with Crippen LogP contribution in [0.25, 0.3) is 0 Å². The van der Waals surface area contributed by atoms with Gasteiger partial charge < -0.3 is 9.45 Å². The van der Waals surface area contributed by atoms with Gasteiger partial charge in [0.2, 0.25) is 0 Å². The lowest BCUT2D eigenvalue weighted by Gasteiger charge is -2.32. The molecule has 0 amide bonds. The van der Waals surface area contributed by atoms with Crippen molar-refractivity contribution in [2.75, 3.05) is 26.3 Å². The Kier molecular flexibility index (Phi) is 4.11.